The number of amides is 1. The van der Waals surface area contributed by atoms with Gasteiger partial charge < -0.3 is 15.5 Å². The summed E-state index contributed by atoms with van der Waals surface area (Å²) in [5, 5.41) is 5.71. The second-order valence-electron chi connectivity index (χ2n) is 5.49. The lowest BCUT2D eigenvalue weighted by Gasteiger charge is -2.22. The van der Waals surface area contributed by atoms with Crippen LogP contribution in [0, 0.1) is 5.82 Å². The van der Waals surface area contributed by atoms with E-state index >= 15 is 0 Å². The van der Waals surface area contributed by atoms with E-state index < -0.39 is 0 Å². The fraction of sp³-hybridized carbons (Fsp3) is 0.222. The molecule has 6 heteroatoms. The average Bonchev–Trinajstić information content (AvgIpc) is 3.00. The van der Waals surface area contributed by atoms with Crippen molar-refractivity contribution in [2.24, 2.45) is 4.99 Å². The van der Waals surface area contributed by atoms with Crippen molar-refractivity contribution >= 4 is 23.2 Å². The number of rotatable bonds is 3. The number of benzene rings is 2. The molecule has 0 saturated carbocycles. The van der Waals surface area contributed by atoms with Crippen molar-refractivity contribution in [3.63, 3.8) is 0 Å². The number of halogens is 1. The zero-order valence-corrected chi connectivity index (χ0v) is 13.4. The van der Waals surface area contributed by atoms with E-state index in [1.807, 2.05) is 18.2 Å². The van der Waals surface area contributed by atoms with Gasteiger partial charge in [0.15, 0.2) is 5.96 Å². The van der Waals surface area contributed by atoms with Crippen LogP contribution in [0.2, 0.25) is 0 Å². The molecule has 0 aromatic heterocycles. The highest BCUT2D eigenvalue weighted by Crippen LogP contribution is 2.27. The molecule has 2 aromatic rings. The molecule has 1 amide bonds. The van der Waals surface area contributed by atoms with Crippen LogP contribution in [0.25, 0.3) is 0 Å². The van der Waals surface area contributed by atoms with Gasteiger partial charge >= 0.3 is 0 Å². The van der Waals surface area contributed by atoms with Gasteiger partial charge in [-0.2, -0.15) is 0 Å². The fourth-order valence-electron chi connectivity index (χ4n) is 2.78. The van der Waals surface area contributed by atoms with Crippen molar-refractivity contribution < 1.29 is 9.18 Å². The number of nitrogens with one attached hydrogen (secondary N) is 2. The number of fused-ring (bicyclic) bond motifs is 1. The number of aliphatic imine (C=N–C) groups is 1. The van der Waals surface area contributed by atoms with Crippen LogP contribution in [0.5, 0.6) is 0 Å². The third-order valence-electron chi connectivity index (χ3n) is 3.87. The highest BCUT2D eigenvalue weighted by molar-refractivity contribution is 6.01. The average molecular weight is 326 g/mol. The summed E-state index contributed by atoms with van der Waals surface area (Å²) in [7, 11) is 1.69. The highest BCUT2D eigenvalue weighted by atomic mass is 19.1. The molecule has 0 radical (unpaired) electrons. The number of hydrogen-bond donors (Lipinski definition) is 2. The number of guanidine groups is 1. The molecule has 1 heterocycles. The Morgan fingerprint density at radius 2 is 2.08 bits per heavy atom. The van der Waals surface area contributed by atoms with Crippen LogP contribution >= 0.6 is 0 Å². The molecular formula is C18H19FN4O. The van der Waals surface area contributed by atoms with E-state index in [-0.39, 0.29) is 18.3 Å². The van der Waals surface area contributed by atoms with Crippen molar-refractivity contribution in [2.45, 2.75) is 6.42 Å². The Morgan fingerprint density at radius 1 is 1.25 bits per heavy atom. The quantitative estimate of drug-likeness (QED) is 0.673. The number of para-hydroxylation sites is 1. The van der Waals surface area contributed by atoms with Gasteiger partial charge in [0.1, 0.15) is 5.82 Å². The summed E-state index contributed by atoms with van der Waals surface area (Å²) >= 11 is 0. The van der Waals surface area contributed by atoms with Crippen LogP contribution in [0.3, 0.4) is 0 Å². The fourth-order valence-corrected chi connectivity index (χ4v) is 2.78. The molecule has 1 aliphatic rings. The Labute approximate surface area is 140 Å². The Morgan fingerprint density at radius 3 is 2.88 bits per heavy atom. The zero-order chi connectivity index (χ0) is 16.9. The number of anilines is 2. The summed E-state index contributed by atoms with van der Waals surface area (Å²) in [5.41, 5.74) is 2.81. The lowest BCUT2D eigenvalue weighted by molar-refractivity contribution is -0.115. The first-order valence-corrected chi connectivity index (χ1v) is 7.79. The third-order valence-corrected chi connectivity index (χ3v) is 3.87. The van der Waals surface area contributed by atoms with Crippen molar-refractivity contribution in [3.05, 3.63) is 59.9 Å². The lowest BCUT2D eigenvalue weighted by Crippen LogP contribution is -2.43. The van der Waals surface area contributed by atoms with Gasteiger partial charge in [-0.15, -0.1) is 0 Å². The van der Waals surface area contributed by atoms with Gasteiger partial charge in [-0.05, 0) is 36.2 Å². The van der Waals surface area contributed by atoms with Gasteiger partial charge in [0, 0.05) is 25.0 Å². The van der Waals surface area contributed by atoms with Crippen molar-refractivity contribution in [3.8, 4) is 0 Å². The predicted octanol–water partition coefficient (Wildman–Crippen LogP) is 2.40. The van der Waals surface area contributed by atoms with Crippen LogP contribution in [-0.4, -0.2) is 32.0 Å². The van der Waals surface area contributed by atoms with E-state index in [0.29, 0.717) is 11.6 Å². The summed E-state index contributed by atoms with van der Waals surface area (Å²) in [4.78, 5) is 18.3. The third kappa shape index (κ3) is 3.53. The Hall–Kier alpha value is -2.89. The van der Waals surface area contributed by atoms with Crippen molar-refractivity contribution in [1.29, 1.82) is 0 Å². The van der Waals surface area contributed by atoms with Crippen LogP contribution in [0.1, 0.15) is 5.56 Å². The molecule has 1 aliphatic heterocycles. The maximum absolute atomic E-state index is 13.1. The van der Waals surface area contributed by atoms with Crippen LogP contribution in [0.15, 0.2) is 53.5 Å². The standard InChI is InChI=1S/C18H19FN4O/c1-20-18(23-10-9-13-5-2-3-8-16(13)23)21-12-17(24)22-15-7-4-6-14(19)11-15/h2-8,11H,9-10,12H2,1H3,(H,20,21)(H,22,24). The predicted molar refractivity (Wildman–Crippen MR) is 93.9 cm³/mol. The van der Waals surface area contributed by atoms with Gasteiger partial charge in [0.25, 0.3) is 0 Å². The minimum atomic E-state index is -0.384. The van der Waals surface area contributed by atoms with Gasteiger partial charge in [-0.3, -0.25) is 9.79 Å². The Kier molecular flexibility index (Phi) is 4.74. The topological polar surface area (TPSA) is 56.7 Å². The van der Waals surface area contributed by atoms with E-state index in [0.717, 1.165) is 18.7 Å². The number of carbonyl (C=O) groups excluding carboxylic acids is 1. The summed E-state index contributed by atoms with van der Waals surface area (Å²) in [6.45, 7) is 0.881. The molecule has 0 unspecified atom stereocenters. The zero-order valence-electron chi connectivity index (χ0n) is 13.4. The number of carbonyl (C=O) groups is 1. The van der Waals surface area contributed by atoms with Gasteiger partial charge in [-0.1, -0.05) is 24.3 Å². The van der Waals surface area contributed by atoms with Crippen molar-refractivity contribution in [1.82, 2.24) is 5.32 Å². The van der Waals surface area contributed by atoms with Crippen molar-refractivity contribution in [2.75, 3.05) is 30.4 Å². The van der Waals surface area contributed by atoms with Gasteiger partial charge in [0.2, 0.25) is 5.91 Å². The molecule has 5 nitrogen and oxygen atoms in total. The molecule has 0 fully saturated rings. The molecule has 2 N–H and O–H groups in total. The smallest absolute Gasteiger partial charge is 0.243 e. The molecule has 0 saturated heterocycles. The second kappa shape index (κ2) is 7.12. The van der Waals surface area contributed by atoms with E-state index in [9.17, 15) is 9.18 Å². The SMILES string of the molecule is CN=C(NCC(=O)Nc1cccc(F)c1)N1CCc2ccccc21. The second-order valence-corrected chi connectivity index (χ2v) is 5.49. The van der Waals surface area contributed by atoms with Crippen LogP contribution in [-0.2, 0) is 11.2 Å². The molecule has 0 atom stereocenters. The monoisotopic (exact) mass is 326 g/mol. The van der Waals surface area contributed by atoms with Gasteiger partial charge in [-0.25, -0.2) is 4.39 Å². The molecule has 0 bridgehead atoms. The maximum Gasteiger partial charge on any atom is 0.243 e. The first-order valence-electron chi connectivity index (χ1n) is 7.79. The highest BCUT2D eigenvalue weighted by Gasteiger charge is 2.22. The minimum absolute atomic E-state index is 0.0574. The molecule has 0 spiro atoms. The van der Waals surface area contributed by atoms with E-state index in [1.165, 1.54) is 17.7 Å². The molecular weight excluding hydrogens is 307 g/mol. The van der Waals surface area contributed by atoms with E-state index in [2.05, 4.69) is 26.6 Å². The Bertz CT molecular complexity index is 775. The molecule has 124 valence electrons. The summed E-state index contributed by atoms with van der Waals surface area (Å²) in [5.74, 6) is 0.00816. The van der Waals surface area contributed by atoms with E-state index in [1.54, 1.807) is 19.2 Å². The number of hydrogen-bond acceptors (Lipinski definition) is 2. The maximum atomic E-state index is 13.1. The molecule has 3 rings (SSSR count). The van der Waals surface area contributed by atoms with Crippen LogP contribution in [0.4, 0.5) is 15.8 Å². The molecule has 2 aromatic carbocycles. The largest absolute Gasteiger partial charge is 0.347 e. The summed E-state index contributed by atoms with van der Waals surface area (Å²) < 4.78 is 13.1. The first kappa shape index (κ1) is 16.0. The molecule has 0 aliphatic carbocycles. The first-order chi connectivity index (χ1) is 11.7. The minimum Gasteiger partial charge on any atom is -0.347 e. The Balaban J connectivity index is 1.60. The number of nitrogens with zero attached hydrogens (tertiary/aromatic N) is 2. The van der Waals surface area contributed by atoms with Crippen LogP contribution < -0.4 is 15.5 Å². The normalized spacial score (nSPS) is 13.6. The van der Waals surface area contributed by atoms with E-state index in [4.69, 9.17) is 0 Å². The molecule has 24 heavy (non-hydrogen) atoms. The van der Waals surface area contributed by atoms with Gasteiger partial charge in [0.05, 0.1) is 6.54 Å². The summed E-state index contributed by atoms with van der Waals surface area (Å²) in [6, 6.07) is 14.0. The summed E-state index contributed by atoms with van der Waals surface area (Å²) in [6.07, 6.45) is 0.951. The lowest BCUT2D eigenvalue weighted by atomic mass is 10.2.